The molecule has 2 aromatic heterocycles. The molecule has 0 amide bonds. The predicted octanol–water partition coefficient (Wildman–Crippen LogP) is 3.09. The summed E-state index contributed by atoms with van der Waals surface area (Å²) in [4.78, 5) is 4.73. The van der Waals surface area contributed by atoms with Gasteiger partial charge in [-0.1, -0.05) is 24.3 Å². The molecule has 2 N–H and O–H groups in total. The number of aromatic nitrogens is 3. The Hall–Kier alpha value is -2.16. The molecule has 4 rings (SSSR count). The highest BCUT2D eigenvalue weighted by molar-refractivity contribution is 14.0. The van der Waals surface area contributed by atoms with E-state index in [1.807, 2.05) is 28.8 Å². The van der Waals surface area contributed by atoms with Crippen LogP contribution in [0.3, 0.4) is 0 Å². The first-order valence-corrected chi connectivity index (χ1v) is 9.25. The zero-order valence-corrected chi connectivity index (χ0v) is 17.8. The predicted molar refractivity (Wildman–Crippen MR) is 119 cm³/mol. The molecule has 27 heavy (non-hydrogen) atoms. The molecule has 2 heterocycles. The van der Waals surface area contributed by atoms with E-state index in [1.54, 1.807) is 0 Å². The molecule has 0 aliphatic heterocycles. The van der Waals surface area contributed by atoms with Gasteiger partial charge in [0.1, 0.15) is 0 Å². The number of fused-ring (bicyclic) bond motifs is 2. The Labute approximate surface area is 176 Å². The van der Waals surface area contributed by atoms with Gasteiger partial charge in [-0.2, -0.15) is 0 Å². The van der Waals surface area contributed by atoms with Gasteiger partial charge in [-0.25, -0.2) is 4.99 Å². The van der Waals surface area contributed by atoms with E-state index in [2.05, 4.69) is 46.0 Å². The molecular weight excluding hydrogens is 451 g/mol. The first-order valence-electron chi connectivity index (χ1n) is 9.25. The molecule has 0 unspecified atom stereocenters. The van der Waals surface area contributed by atoms with Gasteiger partial charge in [-0.15, -0.1) is 34.2 Å². The van der Waals surface area contributed by atoms with Crippen molar-refractivity contribution in [3.63, 3.8) is 0 Å². The van der Waals surface area contributed by atoms with Gasteiger partial charge in [0, 0.05) is 12.7 Å². The van der Waals surface area contributed by atoms with Gasteiger partial charge in [-0.3, -0.25) is 4.40 Å². The molecule has 142 valence electrons. The summed E-state index contributed by atoms with van der Waals surface area (Å²) < 4.78 is 1.98. The van der Waals surface area contributed by atoms with Crippen molar-refractivity contribution >= 4 is 35.6 Å². The minimum atomic E-state index is 0. The van der Waals surface area contributed by atoms with Crippen LogP contribution in [0.5, 0.6) is 0 Å². The Morgan fingerprint density at radius 2 is 2.00 bits per heavy atom. The summed E-state index contributed by atoms with van der Waals surface area (Å²) in [5, 5.41) is 15.1. The number of aliphatic imine (C=N–C) groups is 1. The molecule has 0 saturated heterocycles. The van der Waals surface area contributed by atoms with E-state index in [4.69, 9.17) is 4.99 Å². The lowest BCUT2D eigenvalue weighted by Crippen LogP contribution is -2.37. The molecule has 1 aliphatic carbocycles. The molecule has 0 radical (unpaired) electrons. The first kappa shape index (κ1) is 19.6. The average molecular weight is 476 g/mol. The fourth-order valence-corrected chi connectivity index (χ4v) is 3.41. The Morgan fingerprint density at radius 1 is 1.11 bits per heavy atom. The second-order valence-electron chi connectivity index (χ2n) is 6.55. The average Bonchev–Trinajstić information content (AvgIpc) is 3.30. The number of nitrogens with one attached hydrogen (secondary N) is 2. The quantitative estimate of drug-likeness (QED) is 0.338. The van der Waals surface area contributed by atoms with Crippen molar-refractivity contribution in [1.82, 2.24) is 25.2 Å². The van der Waals surface area contributed by atoms with Gasteiger partial charge in [0.2, 0.25) is 0 Å². The zero-order valence-electron chi connectivity index (χ0n) is 15.5. The summed E-state index contributed by atoms with van der Waals surface area (Å²) in [7, 11) is 0. The van der Waals surface area contributed by atoms with Gasteiger partial charge in [0.25, 0.3) is 0 Å². The highest BCUT2D eigenvalue weighted by Gasteiger charge is 2.11. The number of hydrogen-bond acceptors (Lipinski definition) is 3. The van der Waals surface area contributed by atoms with Gasteiger partial charge < -0.3 is 10.6 Å². The molecule has 0 fully saturated rings. The number of pyridine rings is 1. The highest BCUT2D eigenvalue weighted by atomic mass is 127. The molecule has 0 bridgehead atoms. The fraction of sp³-hybridized carbons (Fsp3) is 0.350. The van der Waals surface area contributed by atoms with Crippen LogP contribution in [0.15, 0.2) is 47.6 Å². The smallest absolute Gasteiger partial charge is 0.191 e. The van der Waals surface area contributed by atoms with Crippen molar-refractivity contribution in [2.75, 3.05) is 6.54 Å². The van der Waals surface area contributed by atoms with Crippen molar-refractivity contribution in [3.05, 3.63) is 65.1 Å². The minimum absolute atomic E-state index is 0. The molecule has 0 spiro atoms. The van der Waals surface area contributed by atoms with Crippen LogP contribution in [-0.2, 0) is 25.9 Å². The molecule has 6 nitrogen and oxygen atoms in total. The third-order valence-electron chi connectivity index (χ3n) is 4.73. The Morgan fingerprint density at radius 3 is 2.89 bits per heavy atom. The van der Waals surface area contributed by atoms with E-state index in [0.29, 0.717) is 13.1 Å². The van der Waals surface area contributed by atoms with E-state index in [0.717, 1.165) is 24.0 Å². The van der Waals surface area contributed by atoms with Crippen molar-refractivity contribution in [2.24, 2.45) is 4.99 Å². The Balaban J connectivity index is 0.00000210. The van der Waals surface area contributed by atoms with Crippen molar-refractivity contribution in [3.8, 4) is 0 Å². The van der Waals surface area contributed by atoms with Crippen LogP contribution in [0.4, 0.5) is 0 Å². The summed E-state index contributed by atoms with van der Waals surface area (Å²) >= 11 is 0. The van der Waals surface area contributed by atoms with E-state index in [-0.39, 0.29) is 24.0 Å². The number of guanidine groups is 1. The second kappa shape index (κ2) is 9.16. The van der Waals surface area contributed by atoms with E-state index in [9.17, 15) is 0 Å². The number of hydrogen-bond donors (Lipinski definition) is 2. The fourth-order valence-electron chi connectivity index (χ4n) is 3.41. The molecule has 1 aliphatic rings. The zero-order chi connectivity index (χ0) is 17.8. The van der Waals surface area contributed by atoms with Crippen LogP contribution in [0.25, 0.3) is 5.65 Å². The highest BCUT2D eigenvalue weighted by Crippen LogP contribution is 2.23. The number of aryl methyl sites for hydroxylation is 2. The minimum Gasteiger partial charge on any atom is -0.357 e. The van der Waals surface area contributed by atoms with Crippen LogP contribution in [0.2, 0.25) is 0 Å². The molecule has 1 aromatic carbocycles. The topological polar surface area (TPSA) is 66.6 Å². The number of rotatable bonds is 5. The number of nitrogens with zero attached hydrogens (tertiary/aromatic N) is 4. The molecular formula is C20H25IN6. The maximum Gasteiger partial charge on any atom is 0.191 e. The van der Waals surface area contributed by atoms with Gasteiger partial charge >= 0.3 is 0 Å². The number of halogens is 1. The Kier molecular flexibility index (Phi) is 6.65. The van der Waals surface area contributed by atoms with Crippen molar-refractivity contribution in [2.45, 2.75) is 39.3 Å². The van der Waals surface area contributed by atoms with Crippen molar-refractivity contribution in [1.29, 1.82) is 0 Å². The largest absolute Gasteiger partial charge is 0.357 e. The van der Waals surface area contributed by atoms with E-state index < -0.39 is 0 Å². The van der Waals surface area contributed by atoms with Crippen LogP contribution in [0.1, 0.15) is 35.9 Å². The second-order valence-corrected chi connectivity index (χ2v) is 6.55. The normalized spacial score (nSPS) is 13.3. The van der Waals surface area contributed by atoms with Crippen LogP contribution >= 0.6 is 24.0 Å². The Bertz CT molecular complexity index is 933. The molecule has 0 saturated carbocycles. The van der Waals surface area contributed by atoms with Crippen LogP contribution in [-0.4, -0.2) is 27.1 Å². The summed E-state index contributed by atoms with van der Waals surface area (Å²) in [6, 6.07) is 12.7. The number of benzene rings is 1. The molecule has 7 heteroatoms. The van der Waals surface area contributed by atoms with Gasteiger partial charge in [-0.05, 0) is 55.0 Å². The van der Waals surface area contributed by atoms with Crippen molar-refractivity contribution < 1.29 is 0 Å². The van der Waals surface area contributed by atoms with Gasteiger partial charge in [0.15, 0.2) is 17.4 Å². The standard InChI is InChI=1S/C20H24N6.HI/c1-2-21-20(22-13-15-9-10-16-6-5-7-17(16)12-15)23-14-19-25-24-18-8-3-4-11-26(18)19;/h3-4,8-12H,2,5-7,13-14H2,1H3,(H2,21,22,23);1H. The van der Waals surface area contributed by atoms with Gasteiger partial charge in [0.05, 0.1) is 13.1 Å². The first-order chi connectivity index (χ1) is 12.8. The van der Waals surface area contributed by atoms with E-state index >= 15 is 0 Å². The lowest BCUT2D eigenvalue weighted by Gasteiger charge is -2.11. The van der Waals surface area contributed by atoms with Crippen LogP contribution in [0, 0.1) is 0 Å². The summed E-state index contributed by atoms with van der Waals surface area (Å²) in [6.45, 7) is 4.13. The summed E-state index contributed by atoms with van der Waals surface area (Å²) in [5.74, 6) is 1.66. The molecule has 0 atom stereocenters. The summed E-state index contributed by atoms with van der Waals surface area (Å²) in [5.41, 5.74) is 5.10. The third-order valence-corrected chi connectivity index (χ3v) is 4.73. The maximum atomic E-state index is 4.73. The lowest BCUT2D eigenvalue weighted by atomic mass is 10.1. The summed E-state index contributed by atoms with van der Waals surface area (Å²) in [6.07, 6.45) is 5.67. The van der Waals surface area contributed by atoms with E-state index in [1.165, 1.54) is 36.0 Å². The third kappa shape index (κ3) is 4.58. The molecule has 3 aromatic rings. The van der Waals surface area contributed by atoms with Crippen LogP contribution < -0.4 is 10.6 Å². The SMILES string of the molecule is CCNC(=NCc1ccc2c(c1)CCC2)NCc1nnc2ccccn12.I. The monoisotopic (exact) mass is 476 g/mol. The lowest BCUT2D eigenvalue weighted by molar-refractivity contribution is 0.765. The maximum absolute atomic E-state index is 4.73.